The van der Waals surface area contributed by atoms with E-state index in [0.29, 0.717) is 11.7 Å². The van der Waals surface area contributed by atoms with E-state index in [9.17, 15) is 14.7 Å². The number of aromatic nitrogens is 1. The van der Waals surface area contributed by atoms with Crippen molar-refractivity contribution in [2.45, 2.75) is 32.3 Å². The number of nitrogens with zero attached hydrogens (tertiary/aromatic N) is 1. The second-order valence-corrected chi connectivity index (χ2v) is 5.74. The lowest BCUT2D eigenvalue weighted by atomic mass is 10.1. The van der Waals surface area contributed by atoms with Crippen molar-refractivity contribution < 1.29 is 24.2 Å². The molecule has 1 atom stereocenters. The van der Waals surface area contributed by atoms with E-state index in [1.54, 1.807) is 0 Å². The third kappa shape index (κ3) is 4.42. The van der Waals surface area contributed by atoms with E-state index in [1.807, 2.05) is 37.3 Å². The van der Waals surface area contributed by atoms with Crippen LogP contribution in [0.1, 0.15) is 24.9 Å². The van der Waals surface area contributed by atoms with Crippen LogP contribution in [0.5, 0.6) is 0 Å². The Kier molecular flexibility index (Phi) is 5.35. The van der Waals surface area contributed by atoms with Gasteiger partial charge in [-0.15, -0.1) is 0 Å². The van der Waals surface area contributed by atoms with Crippen molar-refractivity contribution in [3.8, 4) is 11.3 Å². The van der Waals surface area contributed by atoms with Crippen molar-refractivity contribution in [3.63, 3.8) is 0 Å². The third-order valence-electron chi connectivity index (χ3n) is 3.53. The Balaban J connectivity index is 1.91. The summed E-state index contributed by atoms with van der Waals surface area (Å²) >= 11 is 0. The average Bonchev–Trinajstić information content (AvgIpc) is 2.92. The first-order valence-electron chi connectivity index (χ1n) is 7.54. The molecule has 0 aliphatic heterocycles. The molecule has 7 heteroatoms. The molecule has 0 aliphatic rings. The maximum atomic E-state index is 11.8. The van der Waals surface area contributed by atoms with Crippen molar-refractivity contribution in [2.24, 2.45) is 0 Å². The van der Waals surface area contributed by atoms with Gasteiger partial charge in [0, 0.05) is 18.4 Å². The van der Waals surface area contributed by atoms with Crippen LogP contribution in [0.2, 0.25) is 0 Å². The Morgan fingerprint density at radius 2 is 1.96 bits per heavy atom. The summed E-state index contributed by atoms with van der Waals surface area (Å²) in [6.45, 7) is 2.60. The predicted octanol–water partition coefficient (Wildman–Crippen LogP) is 1.53. The molecule has 24 heavy (non-hydrogen) atoms. The summed E-state index contributed by atoms with van der Waals surface area (Å²) in [6, 6.07) is 9.54. The highest BCUT2D eigenvalue weighted by Gasteiger charge is 2.30. The van der Waals surface area contributed by atoms with Gasteiger partial charge in [-0.25, -0.2) is 9.78 Å². The highest BCUT2D eigenvalue weighted by atomic mass is 16.4. The van der Waals surface area contributed by atoms with Crippen LogP contribution < -0.4 is 5.32 Å². The quantitative estimate of drug-likeness (QED) is 0.709. The zero-order valence-electron chi connectivity index (χ0n) is 13.6. The van der Waals surface area contributed by atoms with Gasteiger partial charge in [-0.1, -0.05) is 30.3 Å². The first kappa shape index (κ1) is 17.7. The number of benzene rings is 1. The number of hydrogen-bond donors (Lipinski definition) is 3. The number of carboxylic acid groups (broad SMARTS) is 1. The van der Waals surface area contributed by atoms with E-state index < -0.39 is 11.6 Å². The van der Waals surface area contributed by atoms with Crippen LogP contribution in [0.4, 0.5) is 0 Å². The van der Waals surface area contributed by atoms with Crippen LogP contribution in [0.3, 0.4) is 0 Å². The Labute approximate surface area is 139 Å². The molecular formula is C17H20N2O5. The highest BCUT2D eigenvalue weighted by Crippen LogP contribution is 2.24. The SMILES string of the molecule is Cc1nc(CCC(=O)NCC(C)(O)C(=O)O)oc1-c1ccccc1. The molecule has 0 spiro atoms. The molecule has 0 aliphatic carbocycles. The lowest BCUT2D eigenvalue weighted by molar-refractivity contribution is -0.156. The molecule has 1 aromatic heterocycles. The normalized spacial score (nSPS) is 13.3. The molecule has 3 N–H and O–H groups in total. The number of oxazole rings is 1. The number of aryl methyl sites for hydroxylation is 2. The molecule has 0 saturated carbocycles. The van der Waals surface area contributed by atoms with Crippen molar-refractivity contribution in [1.29, 1.82) is 0 Å². The molecule has 0 bridgehead atoms. The van der Waals surface area contributed by atoms with E-state index in [-0.39, 0.29) is 25.3 Å². The van der Waals surface area contributed by atoms with E-state index in [4.69, 9.17) is 9.52 Å². The summed E-state index contributed by atoms with van der Waals surface area (Å²) in [7, 11) is 0. The topological polar surface area (TPSA) is 113 Å². The van der Waals surface area contributed by atoms with Gasteiger partial charge >= 0.3 is 5.97 Å². The standard InChI is InChI=1S/C17H20N2O5/c1-11-15(12-6-4-3-5-7-12)24-14(19-11)9-8-13(20)18-10-17(2,23)16(21)22/h3-7,23H,8-10H2,1-2H3,(H,18,20)(H,21,22). The minimum Gasteiger partial charge on any atom is -0.479 e. The van der Waals surface area contributed by atoms with Gasteiger partial charge in [-0.2, -0.15) is 0 Å². The molecule has 1 heterocycles. The second kappa shape index (κ2) is 7.27. The van der Waals surface area contributed by atoms with Crippen LogP contribution in [-0.4, -0.2) is 39.2 Å². The lowest BCUT2D eigenvalue weighted by Crippen LogP contribution is -2.46. The van der Waals surface area contributed by atoms with Gasteiger partial charge in [0.05, 0.1) is 12.2 Å². The van der Waals surface area contributed by atoms with Crippen LogP contribution in [0, 0.1) is 6.92 Å². The summed E-state index contributed by atoms with van der Waals surface area (Å²) in [4.78, 5) is 26.8. The van der Waals surface area contributed by atoms with Crippen LogP contribution in [0.25, 0.3) is 11.3 Å². The van der Waals surface area contributed by atoms with Crippen molar-refractivity contribution >= 4 is 11.9 Å². The number of carbonyl (C=O) groups is 2. The Morgan fingerprint density at radius 3 is 2.58 bits per heavy atom. The molecular weight excluding hydrogens is 312 g/mol. The number of aliphatic hydroxyl groups is 1. The summed E-state index contributed by atoms with van der Waals surface area (Å²) in [5.41, 5.74) is -0.337. The van der Waals surface area contributed by atoms with Gasteiger partial charge in [0.1, 0.15) is 0 Å². The molecule has 1 unspecified atom stereocenters. The molecule has 2 aromatic rings. The first-order valence-corrected chi connectivity index (χ1v) is 7.54. The summed E-state index contributed by atoms with van der Waals surface area (Å²) < 4.78 is 5.70. The molecule has 128 valence electrons. The summed E-state index contributed by atoms with van der Waals surface area (Å²) in [5, 5.41) is 20.7. The zero-order valence-corrected chi connectivity index (χ0v) is 13.6. The van der Waals surface area contributed by atoms with E-state index in [2.05, 4.69) is 10.3 Å². The molecule has 2 rings (SSSR count). The number of aliphatic carboxylic acids is 1. The van der Waals surface area contributed by atoms with Gasteiger partial charge in [-0.05, 0) is 13.8 Å². The second-order valence-electron chi connectivity index (χ2n) is 5.74. The van der Waals surface area contributed by atoms with Gasteiger partial charge < -0.3 is 19.9 Å². The first-order chi connectivity index (χ1) is 11.3. The number of carboxylic acids is 1. The Morgan fingerprint density at radius 1 is 1.29 bits per heavy atom. The number of rotatable bonds is 7. The average molecular weight is 332 g/mol. The monoisotopic (exact) mass is 332 g/mol. The number of amides is 1. The van der Waals surface area contributed by atoms with Gasteiger partial charge in [0.15, 0.2) is 17.3 Å². The third-order valence-corrected chi connectivity index (χ3v) is 3.53. The summed E-state index contributed by atoms with van der Waals surface area (Å²) in [5.74, 6) is -0.668. The fraction of sp³-hybridized carbons (Fsp3) is 0.353. The smallest absolute Gasteiger partial charge is 0.337 e. The Hall–Kier alpha value is -2.67. The van der Waals surface area contributed by atoms with Gasteiger partial charge in [-0.3, -0.25) is 4.79 Å². The molecule has 1 aromatic carbocycles. The van der Waals surface area contributed by atoms with Gasteiger partial charge in [0.25, 0.3) is 0 Å². The van der Waals surface area contributed by atoms with E-state index in [0.717, 1.165) is 18.2 Å². The van der Waals surface area contributed by atoms with Gasteiger partial charge in [0.2, 0.25) is 5.91 Å². The van der Waals surface area contributed by atoms with Crippen LogP contribution >= 0.6 is 0 Å². The zero-order chi connectivity index (χ0) is 17.7. The van der Waals surface area contributed by atoms with Crippen molar-refractivity contribution in [3.05, 3.63) is 41.9 Å². The minimum absolute atomic E-state index is 0.0872. The highest BCUT2D eigenvalue weighted by molar-refractivity contribution is 5.80. The fourth-order valence-electron chi connectivity index (χ4n) is 2.07. The fourth-order valence-corrected chi connectivity index (χ4v) is 2.07. The molecule has 0 radical (unpaired) electrons. The number of carbonyl (C=O) groups excluding carboxylic acids is 1. The number of nitrogens with one attached hydrogen (secondary N) is 1. The molecule has 0 fully saturated rings. The van der Waals surface area contributed by atoms with Crippen molar-refractivity contribution in [1.82, 2.24) is 10.3 Å². The molecule has 1 amide bonds. The lowest BCUT2D eigenvalue weighted by Gasteiger charge is -2.18. The molecule has 0 saturated heterocycles. The summed E-state index contributed by atoms with van der Waals surface area (Å²) in [6.07, 6.45) is 0.374. The number of hydrogen-bond acceptors (Lipinski definition) is 5. The minimum atomic E-state index is -1.99. The predicted molar refractivity (Wildman–Crippen MR) is 86.3 cm³/mol. The van der Waals surface area contributed by atoms with Crippen LogP contribution in [-0.2, 0) is 16.0 Å². The van der Waals surface area contributed by atoms with Crippen LogP contribution in [0.15, 0.2) is 34.7 Å². The molecule has 7 nitrogen and oxygen atoms in total. The van der Waals surface area contributed by atoms with E-state index in [1.165, 1.54) is 0 Å². The largest absolute Gasteiger partial charge is 0.479 e. The van der Waals surface area contributed by atoms with E-state index >= 15 is 0 Å². The maximum absolute atomic E-state index is 11.8. The van der Waals surface area contributed by atoms with Crippen molar-refractivity contribution in [2.75, 3.05) is 6.54 Å². The Bertz CT molecular complexity index is 722. The maximum Gasteiger partial charge on any atom is 0.337 e.